The number of hydrogen-bond acceptors (Lipinski definition) is 4. The maximum Gasteiger partial charge on any atom is 0.410 e. The maximum absolute atomic E-state index is 12.2. The van der Waals surface area contributed by atoms with E-state index in [1.165, 1.54) is 0 Å². The van der Waals surface area contributed by atoms with Crippen molar-refractivity contribution >= 4 is 6.09 Å². The number of benzene rings is 1. The highest BCUT2D eigenvalue weighted by Crippen LogP contribution is 2.48. The van der Waals surface area contributed by atoms with Crippen molar-refractivity contribution in [2.24, 2.45) is 0 Å². The minimum atomic E-state index is -0.497. The number of rotatable bonds is 0. The number of hydrogen-bond donors (Lipinski definition) is 1. The summed E-state index contributed by atoms with van der Waals surface area (Å²) in [4.78, 5) is 14.0. The monoisotopic (exact) mass is 305 g/mol. The predicted molar refractivity (Wildman–Crippen MR) is 82.3 cm³/mol. The third-order valence-corrected chi connectivity index (χ3v) is 4.50. The van der Waals surface area contributed by atoms with E-state index in [2.05, 4.69) is 6.92 Å². The number of likely N-dealkylation sites (tertiary alicyclic amines) is 1. The standard InChI is InChI=1S/C17H23NO4/c1-16(2,3)22-15(20)18-8-7-17(4)12-9-11(19)5-6-13(12)21-14(17)10-18/h5-6,9,14,19H,7-8,10H2,1-4H3. The zero-order valence-electron chi connectivity index (χ0n) is 13.5. The molecule has 1 amide bonds. The molecule has 2 aliphatic rings. The molecular formula is C17H23NO4. The molecule has 0 bridgehead atoms. The molecule has 5 nitrogen and oxygen atoms in total. The number of piperidine rings is 1. The normalized spacial score (nSPS) is 26.9. The average Bonchev–Trinajstić information content (AvgIpc) is 2.68. The number of amides is 1. The lowest BCUT2D eigenvalue weighted by Crippen LogP contribution is -2.54. The zero-order valence-corrected chi connectivity index (χ0v) is 13.5. The fourth-order valence-corrected chi connectivity index (χ4v) is 3.21. The van der Waals surface area contributed by atoms with Gasteiger partial charge in [0.1, 0.15) is 23.2 Å². The van der Waals surface area contributed by atoms with E-state index >= 15 is 0 Å². The molecule has 1 N–H and O–H groups in total. The Kier molecular flexibility index (Phi) is 3.27. The quantitative estimate of drug-likeness (QED) is 0.800. The molecule has 0 aromatic heterocycles. The van der Waals surface area contributed by atoms with E-state index < -0.39 is 5.60 Å². The van der Waals surface area contributed by atoms with Crippen molar-refractivity contribution in [2.45, 2.75) is 51.2 Å². The molecule has 2 atom stereocenters. The average molecular weight is 305 g/mol. The summed E-state index contributed by atoms with van der Waals surface area (Å²) in [6.07, 6.45) is 0.385. The molecule has 22 heavy (non-hydrogen) atoms. The van der Waals surface area contributed by atoms with Crippen LogP contribution < -0.4 is 4.74 Å². The number of phenolic OH excluding ortho intramolecular Hbond substituents is 1. The van der Waals surface area contributed by atoms with Crippen LogP contribution in [0.15, 0.2) is 18.2 Å². The van der Waals surface area contributed by atoms with Crippen molar-refractivity contribution in [1.29, 1.82) is 0 Å². The summed E-state index contributed by atoms with van der Waals surface area (Å²) < 4.78 is 11.5. The Hall–Kier alpha value is -1.91. The molecule has 1 fully saturated rings. The Morgan fingerprint density at radius 3 is 2.86 bits per heavy atom. The van der Waals surface area contributed by atoms with E-state index in [1.54, 1.807) is 23.1 Å². The molecule has 2 heterocycles. The molecule has 1 aromatic rings. The van der Waals surface area contributed by atoms with Crippen LogP contribution in [0.2, 0.25) is 0 Å². The van der Waals surface area contributed by atoms with Crippen molar-refractivity contribution < 1.29 is 19.4 Å². The first-order chi connectivity index (χ1) is 10.2. The van der Waals surface area contributed by atoms with Crippen molar-refractivity contribution in [2.75, 3.05) is 13.1 Å². The molecule has 0 radical (unpaired) electrons. The first kappa shape index (κ1) is 15.0. The zero-order chi connectivity index (χ0) is 16.1. The topological polar surface area (TPSA) is 59.0 Å². The van der Waals surface area contributed by atoms with Crippen LogP contribution >= 0.6 is 0 Å². The fraction of sp³-hybridized carbons (Fsp3) is 0.588. The van der Waals surface area contributed by atoms with Gasteiger partial charge in [-0.3, -0.25) is 0 Å². The minimum Gasteiger partial charge on any atom is -0.508 e. The number of nitrogens with zero attached hydrogens (tertiary/aromatic N) is 1. The molecule has 0 aliphatic carbocycles. The third kappa shape index (κ3) is 2.49. The highest BCUT2D eigenvalue weighted by atomic mass is 16.6. The Morgan fingerprint density at radius 2 is 2.18 bits per heavy atom. The van der Waals surface area contributed by atoms with E-state index in [4.69, 9.17) is 9.47 Å². The van der Waals surface area contributed by atoms with E-state index in [0.717, 1.165) is 17.7 Å². The Bertz CT molecular complexity index is 607. The van der Waals surface area contributed by atoms with Gasteiger partial charge in [0.2, 0.25) is 0 Å². The maximum atomic E-state index is 12.2. The molecule has 120 valence electrons. The second-order valence-electron chi connectivity index (χ2n) is 7.38. The smallest absolute Gasteiger partial charge is 0.410 e. The number of carbonyl (C=O) groups excluding carboxylic acids is 1. The molecule has 2 aliphatic heterocycles. The summed E-state index contributed by atoms with van der Waals surface area (Å²) >= 11 is 0. The SMILES string of the molecule is CC(C)(C)OC(=O)N1CCC2(C)c3cc(O)ccc3OC2C1. The summed E-state index contributed by atoms with van der Waals surface area (Å²) in [7, 11) is 0. The van der Waals surface area contributed by atoms with Crippen LogP contribution in [0.5, 0.6) is 11.5 Å². The first-order valence-electron chi connectivity index (χ1n) is 7.67. The summed E-state index contributed by atoms with van der Waals surface area (Å²) in [5.41, 5.74) is 0.358. The largest absolute Gasteiger partial charge is 0.508 e. The van der Waals surface area contributed by atoms with Crippen LogP contribution in [-0.4, -0.2) is 40.9 Å². The van der Waals surface area contributed by atoms with E-state index in [-0.39, 0.29) is 23.4 Å². The second kappa shape index (κ2) is 4.80. The lowest BCUT2D eigenvalue weighted by Gasteiger charge is -2.41. The van der Waals surface area contributed by atoms with Gasteiger partial charge < -0.3 is 19.5 Å². The first-order valence-corrected chi connectivity index (χ1v) is 7.67. The van der Waals surface area contributed by atoms with Gasteiger partial charge >= 0.3 is 6.09 Å². The number of aromatic hydroxyl groups is 1. The Morgan fingerprint density at radius 1 is 1.45 bits per heavy atom. The highest BCUT2D eigenvalue weighted by molar-refractivity contribution is 5.68. The van der Waals surface area contributed by atoms with Crippen molar-refractivity contribution in [3.63, 3.8) is 0 Å². The van der Waals surface area contributed by atoms with Gasteiger partial charge in [-0.1, -0.05) is 6.92 Å². The summed E-state index contributed by atoms with van der Waals surface area (Å²) in [6, 6.07) is 5.20. The molecule has 0 saturated carbocycles. The molecule has 5 heteroatoms. The van der Waals surface area contributed by atoms with E-state index in [9.17, 15) is 9.90 Å². The molecular weight excluding hydrogens is 282 g/mol. The summed E-state index contributed by atoms with van der Waals surface area (Å²) in [6.45, 7) is 8.85. The van der Waals surface area contributed by atoms with Crippen LogP contribution in [0.1, 0.15) is 39.7 Å². The number of phenols is 1. The van der Waals surface area contributed by atoms with E-state index in [0.29, 0.717) is 13.1 Å². The number of carbonyl (C=O) groups is 1. The van der Waals surface area contributed by atoms with Crippen molar-refractivity contribution in [3.8, 4) is 11.5 Å². The van der Waals surface area contributed by atoms with Crippen LogP contribution in [0.4, 0.5) is 4.79 Å². The van der Waals surface area contributed by atoms with Gasteiger partial charge in [0.05, 0.1) is 6.54 Å². The van der Waals surface area contributed by atoms with Crippen molar-refractivity contribution in [1.82, 2.24) is 4.90 Å². The summed E-state index contributed by atoms with van der Waals surface area (Å²) in [5.74, 6) is 1.05. The van der Waals surface area contributed by atoms with Gasteiger partial charge in [-0.05, 0) is 45.4 Å². The highest BCUT2D eigenvalue weighted by Gasteiger charge is 2.49. The van der Waals surface area contributed by atoms with Crippen LogP contribution in [-0.2, 0) is 10.2 Å². The molecule has 0 spiro atoms. The molecule has 1 saturated heterocycles. The third-order valence-electron chi connectivity index (χ3n) is 4.50. The minimum absolute atomic E-state index is 0.106. The lowest BCUT2D eigenvalue weighted by atomic mass is 9.74. The van der Waals surface area contributed by atoms with Gasteiger partial charge in [0.15, 0.2) is 0 Å². The predicted octanol–water partition coefficient (Wildman–Crippen LogP) is 3.05. The second-order valence-corrected chi connectivity index (χ2v) is 7.38. The van der Waals surface area contributed by atoms with Gasteiger partial charge in [0, 0.05) is 17.5 Å². The Labute approximate surface area is 130 Å². The van der Waals surface area contributed by atoms with E-state index in [1.807, 2.05) is 20.8 Å². The molecule has 3 rings (SSSR count). The van der Waals surface area contributed by atoms with Crippen molar-refractivity contribution in [3.05, 3.63) is 23.8 Å². The molecule has 2 unspecified atom stereocenters. The van der Waals surface area contributed by atoms with Gasteiger partial charge in [-0.15, -0.1) is 0 Å². The van der Waals surface area contributed by atoms with Crippen LogP contribution in [0.3, 0.4) is 0 Å². The Balaban J connectivity index is 1.78. The summed E-state index contributed by atoms with van der Waals surface area (Å²) in [5, 5.41) is 9.73. The van der Waals surface area contributed by atoms with Gasteiger partial charge in [-0.2, -0.15) is 0 Å². The van der Waals surface area contributed by atoms with Gasteiger partial charge in [-0.25, -0.2) is 4.79 Å². The fourth-order valence-electron chi connectivity index (χ4n) is 3.21. The van der Waals surface area contributed by atoms with Crippen LogP contribution in [0, 0.1) is 0 Å². The number of fused-ring (bicyclic) bond motifs is 3. The lowest BCUT2D eigenvalue weighted by molar-refractivity contribution is -0.00224. The number of ether oxygens (including phenoxy) is 2. The molecule has 1 aromatic carbocycles. The van der Waals surface area contributed by atoms with Gasteiger partial charge in [0.25, 0.3) is 0 Å². The van der Waals surface area contributed by atoms with Crippen LogP contribution in [0.25, 0.3) is 0 Å².